The number of rotatable bonds is 4. The molecule has 0 bridgehead atoms. The molecule has 0 unspecified atom stereocenters. The molecule has 21 heavy (non-hydrogen) atoms. The molecule has 3 heteroatoms. The quantitative estimate of drug-likeness (QED) is 0.676. The average molecular weight is 278 g/mol. The van der Waals surface area contributed by atoms with Gasteiger partial charge in [0.15, 0.2) is 5.43 Å². The van der Waals surface area contributed by atoms with Gasteiger partial charge in [0.2, 0.25) is 0 Å². The van der Waals surface area contributed by atoms with Crippen molar-refractivity contribution in [1.82, 2.24) is 0 Å². The van der Waals surface area contributed by atoms with Gasteiger partial charge in [0, 0.05) is 17.7 Å². The van der Waals surface area contributed by atoms with Crippen LogP contribution < -0.4 is 10.2 Å². The van der Waals surface area contributed by atoms with Gasteiger partial charge in [-0.25, -0.2) is 0 Å². The van der Waals surface area contributed by atoms with E-state index in [1.165, 1.54) is 6.07 Å². The zero-order valence-corrected chi connectivity index (χ0v) is 11.4. The highest BCUT2D eigenvalue weighted by Gasteiger charge is 2.07. The molecule has 0 aliphatic heterocycles. The largest absolute Gasteiger partial charge is 0.489 e. The fourth-order valence-electron chi connectivity index (χ4n) is 2.13. The van der Waals surface area contributed by atoms with Crippen LogP contribution in [0, 0.1) is 0 Å². The minimum atomic E-state index is -0.0645. The van der Waals surface area contributed by atoms with E-state index in [1.54, 1.807) is 24.3 Å². The Labute approximate surface area is 122 Å². The maximum atomic E-state index is 12.2. The van der Waals surface area contributed by atoms with Crippen LogP contribution in [0.15, 0.2) is 76.5 Å². The molecule has 1 aromatic heterocycles. The van der Waals surface area contributed by atoms with Crippen LogP contribution in [0.2, 0.25) is 0 Å². The third-order valence-electron chi connectivity index (χ3n) is 3.13. The number of hydrogen-bond acceptors (Lipinski definition) is 3. The SMILES string of the molecule is C=CCOc1ccc2c(=O)cc(-c3ccccc3)oc2c1. The van der Waals surface area contributed by atoms with E-state index in [1.807, 2.05) is 30.3 Å². The number of fused-ring (bicyclic) bond motifs is 1. The second-order valence-electron chi connectivity index (χ2n) is 4.60. The van der Waals surface area contributed by atoms with Gasteiger partial charge in [-0.2, -0.15) is 0 Å². The number of ether oxygens (including phenoxy) is 1. The fourth-order valence-corrected chi connectivity index (χ4v) is 2.13. The normalized spacial score (nSPS) is 10.5. The first-order valence-electron chi connectivity index (χ1n) is 6.65. The van der Waals surface area contributed by atoms with Crippen LogP contribution in [-0.4, -0.2) is 6.61 Å². The van der Waals surface area contributed by atoms with Gasteiger partial charge >= 0.3 is 0 Å². The Balaban J connectivity index is 2.12. The molecule has 0 N–H and O–H groups in total. The first-order valence-corrected chi connectivity index (χ1v) is 6.65. The summed E-state index contributed by atoms with van der Waals surface area (Å²) in [6.07, 6.45) is 1.67. The van der Waals surface area contributed by atoms with Gasteiger partial charge in [-0.05, 0) is 12.1 Å². The molecule has 0 radical (unpaired) electrons. The molecule has 0 aliphatic rings. The minimum Gasteiger partial charge on any atom is -0.489 e. The summed E-state index contributed by atoms with van der Waals surface area (Å²) in [5, 5.41) is 0.542. The molecule has 0 fully saturated rings. The Bertz CT molecular complexity index is 832. The lowest BCUT2D eigenvalue weighted by atomic mass is 10.1. The Morgan fingerprint density at radius 1 is 1.10 bits per heavy atom. The maximum absolute atomic E-state index is 12.2. The van der Waals surface area contributed by atoms with Crippen LogP contribution >= 0.6 is 0 Å². The minimum absolute atomic E-state index is 0.0645. The summed E-state index contributed by atoms with van der Waals surface area (Å²) in [7, 11) is 0. The van der Waals surface area contributed by atoms with Crippen molar-refractivity contribution >= 4 is 11.0 Å². The van der Waals surface area contributed by atoms with E-state index >= 15 is 0 Å². The van der Waals surface area contributed by atoms with E-state index in [2.05, 4.69) is 6.58 Å². The van der Waals surface area contributed by atoms with Crippen LogP contribution in [0.25, 0.3) is 22.3 Å². The van der Waals surface area contributed by atoms with E-state index < -0.39 is 0 Å². The summed E-state index contributed by atoms with van der Waals surface area (Å²) in [6, 6.07) is 16.3. The highest BCUT2D eigenvalue weighted by Crippen LogP contribution is 2.24. The van der Waals surface area contributed by atoms with E-state index in [9.17, 15) is 4.79 Å². The summed E-state index contributed by atoms with van der Waals surface area (Å²) in [5.41, 5.74) is 1.32. The van der Waals surface area contributed by atoms with E-state index in [4.69, 9.17) is 9.15 Å². The monoisotopic (exact) mass is 278 g/mol. The summed E-state index contributed by atoms with van der Waals surface area (Å²) >= 11 is 0. The molecule has 1 heterocycles. The van der Waals surface area contributed by atoms with Crippen molar-refractivity contribution in [2.24, 2.45) is 0 Å². The Morgan fingerprint density at radius 3 is 2.67 bits per heavy atom. The van der Waals surface area contributed by atoms with Crippen molar-refractivity contribution in [2.45, 2.75) is 0 Å². The third-order valence-corrected chi connectivity index (χ3v) is 3.13. The van der Waals surface area contributed by atoms with Crippen LogP contribution in [0.1, 0.15) is 0 Å². The first kappa shape index (κ1) is 13.2. The molecule has 0 atom stereocenters. The lowest BCUT2D eigenvalue weighted by Crippen LogP contribution is -2.01. The summed E-state index contributed by atoms with van der Waals surface area (Å²) in [4.78, 5) is 12.2. The molecule has 0 aliphatic carbocycles. The van der Waals surface area contributed by atoms with Crippen LogP contribution in [0.4, 0.5) is 0 Å². The molecule has 3 nitrogen and oxygen atoms in total. The summed E-state index contributed by atoms with van der Waals surface area (Å²) in [5.74, 6) is 1.20. The molecule has 0 saturated heterocycles. The smallest absolute Gasteiger partial charge is 0.193 e. The number of benzene rings is 2. The Kier molecular flexibility index (Phi) is 3.56. The molecule has 0 spiro atoms. The summed E-state index contributed by atoms with van der Waals surface area (Å²) in [6.45, 7) is 4.02. The molecular formula is C18H14O3. The van der Waals surface area contributed by atoms with Crippen molar-refractivity contribution in [2.75, 3.05) is 6.61 Å². The highest BCUT2D eigenvalue weighted by molar-refractivity contribution is 5.80. The topological polar surface area (TPSA) is 39.4 Å². The van der Waals surface area contributed by atoms with Crippen molar-refractivity contribution < 1.29 is 9.15 Å². The maximum Gasteiger partial charge on any atom is 0.193 e. The third kappa shape index (κ3) is 2.72. The molecule has 104 valence electrons. The highest BCUT2D eigenvalue weighted by atomic mass is 16.5. The van der Waals surface area contributed by atoms with E-state index in [0.29, 0.717) is 29.1 Å². The Morgan fingerprint density at radius 2 is 1.90 bits per heavy atom. The summed E-state index contributed by atoms with van der Waals surface area (Å²) < 4.78 is 11.3. The molecule has 0 saturated carbocycles. The van der Waals surface area contributed by atoms with Crippen molar-refractivity contribution in [3.8, 4) is 17.1 Å². The lowest BCUT2D eigenvalue weighted by Gasteiger charge is -2.06. The molecule has 2 aromatic carbocycles. The van der Waals surface area contributed by atoms with Crippen molar-refractivity contribution in [1.29, 1.82) is 0 Å². The van der Waals surface area contributed by atoms with Crippen molar-refractivity contribution in [3.63, 3.8) is 0 Å². The predicted octanol–water partition coefficient (Wildman–Crippen LogP) is 4.02. The molecule has 0 amide bonds. The average Bonchev–Trinajstić information content (AvgIpc) is 2.53. The molecule has 3 rings (SSSR count). The van der Waals surface area contributed by atoms with Crippen LogP contribution in [0.5, 0.6) is 5.75 Å². The van der Waals surface area contributed by atoms with Gasteiger partial charge in [-0.15, -0.1) is 0 Å². The van der Waals surface area contributed by atoms with E-state index in [0.717, 1.165) is 5.56 Å². The van der Waals surface area contributed by atoms with Gasteiger partial charge in [0.25, 0.3) is 0 Å². The van der Waals surface area contributed by atoms with Crippen molar-refractivity contribution in [3.05, 3.63) is 77.5 Å². The first-order chi connectivity index (χ1) is 10.3. The number of hydrogen-bond donors (Lipinski definition) is 0. The second-order valence-corrected chi connectivity index (χ2v) is 4.60. The molecular weight excluding hydrogens is 264 g/mol. The van der Waals surface area contributed by atoms with Crippen LogP contribution in [0.3, 0.4) is 0 Å². The zero-order chi connectivity index (χ0) is 14.7. The zero-order valence-electron chi connectivity index (χ0n) is 11.4. The van der Waals surface area contributed by atoms with Crippen LogP contribution in [-0.2, 0) is 0 Å². The Hall–Kier alpha value is -2.81. The standard InChI is InChI=1S/C18H14O3/c1-2-10-20-14-8-9-15-16(19)12-17(21-18(15)11-14)13-6-4-3-5-7-13/h2-9,11-12H,1,10H2. The van der Waals surface area contributed by atoms with Gasteiger partial charge in [0.05, 0.1) is 5.39 Å². The van der Waals surface area contributed by atoms with Gasteiger partial charge in [-0.1, -0.05) is 43.0 Å². The van der Waals surface area contributed by atoms with Gasteiger partial charge in [-0.3, -0.25) is 4.79 Å². The fraction of sp³-hybridized carbons (Fsp3) is 0.0556. The predicted molar refractivity (Wildman–Crippen MR) is 83.6 cm³/mol. The lowest BCUT2D eigenvalue weighted by molar-refractivity contribution is 0.363. The molecule has 3 aromatic rings. The van der Waals surface area contributed by atoms with Gasteiger partial charge < -0.3 is 9.15 Å². The van der Waals surface area contributed by atoms with E-state index in [-0.39, 0.29) is 5.43 Å². The van der Waals surface area contributed by atoms with Gasteiger partial charge in [0.1, 0.15) is 23.7 Å². The second kappa shape index (κ2) is 5.67.